The van der Waals surface area contributed by atoms with Gasteiger partial charge in [-0.25, -0.2) is 0 Å². The second kappa shape index (κ2) is 8.35. The molecule has 0 amide bonds. The van der Waals surface area contributed by atoms with Crippen LogP contribution in [-0.4, -0.2) is 50.3 Å². The number of benzene rings is 1. The molecule has 0 bridgehead atoms. The molecule has 0 aliphatic carbocycles. The Labute approximate surface area is 148 Å². The third-order valence-corrected chi connectivity index (χ3v) is 5.67. The smallest absolute Gasteiger partial charge is 0.0601 e. The molecule has 3 rings (SSSR count). The summed E-state index contributed by atoms with van der Waals surface area (Å²) in [5.41, 5.74) is 2.72. The molecule has 3 heteroatoms. The minimum atomic E-state index is 0.472. The number of aryl methyl sites for hydroxylation is 1. The number of hydrogen-bond acceptors (Lipinski definition) is 3. The molecule has 3 nitrogen and oxygen atoms in total. The molecule has 2 fully saturated rings. The average Bonchev–Trinajstić information content (AvgIpc) is 2.81. The molecule has 0 saturated carbocycles. The van der Waals surface area contributed by atoms with Gasteiger partial charge < -0.3 is 14.5 Å². The van der Waals surface area contributed by atoms with Crippen molar-refractivity contribution in [3.8, 4) is 0 Å². The summed E-state index contributed by atoms with van der Waals surface area (Å²) < 4.78 is 5.94. The highest BCUT2D eigenvalue weighted by Gasteiger charge is 2.27. The van der Waals surface area contributed by atoms with Crippen LogP contribution in [0.4, 0.5) is 5.69 Å². The highest BCUT2D eigenvalue weighted by atomic mass is 16.5. The first kappa shape index (κ1) is 17.8. The topological polar surface area (TPSA) is 15.7 Å². The molecule has 134 valence electrons. The molecule has 2 aliphatic heterocycles. The Morgan fingerprint density at radius 1 is 1.08 bits per heavy atom. The zero-order chi connectivity index (χ0) is 16.9. The van der Waals surface area contributed by atoms with Crippen molar-refractivity contribution in [3.05, 3.63) is 29.8 Å². The SMILES string of the molecule is Cc1ccc(N2CCCN(C[C@H]3CCO[C@@H](C(C)C)C3)CC2)cc1. The quantitative estimate of drug-likeness (QED) is 0.831. The maximum atomic E-state index is 5.94. The van der Waals surface area contributed by atoms with Gasteiger partial charge in [0.15, 0.2) is 0 Å². The van der Waals surface area contributed by atoms with Crippen LogP contribution in [0.5, 0.6) is 0 Å². The minimum absolute atomic E-state index is 0.472. The van der Waals surface area contributed by atoms with Crippen LogP contribution in [0.3, 0.4) is 0 Å². The Morgan fingerprint density at radius 2 is 1.88 bits per heavy atom. The Kier molecular flexibility index (Phi) is 6.18. The maximum absolute atomic E-state index is 5.94. The van der Waals surface area contributed by atoms with E-state index in [1.165, 1.54) is 56.7 Å². The zero-order valence-electron chi connectivity index (χ0n) is 15.7. The van der Waals surface area contributed by atoms with E-state index in [9.17, 15) is 0 Å². The molecule has 0 aromatic heterocycles. The highest BCUT2D eigenvalue weighted by molar-refractivity contribution is 5.47. The van der Waals surface area contributed by atoms with Gasteiger partial charge in [-0.3, -0.25) is 0 Å². The van der Waals surface area contributed by atoms with Crippen LogP contribution < -0.4 is 4.90 Å². The van der Waals surface area contributed by atoms with Gasteiger partial charge in [-0.15, -0.1) is 0 Å². The van der Waals surface area contributed by atoms with Crippen molar-refractivity contribution >= 4 is 5.69 Å². The summed E-state index contributed by atoms with van der Waals surface area (Å²) in [5.74, 6) is 1.46. The zero-order valence-corrected chi connectivity index (χ0v) is 15.7. The highest BCUT2D eigenvalue weighted by Crippen LogP contribution is 2.26. The molecule has 1 aromatic carbocycles. The van der Waals surface area contributed by atoms with E-state index < -0.39 is 0 Å². The van der Waals surface area contributed by atoms with Crippen molar-refractivity contribution < 1.29 is 4.74 Å². The predicted octanol–water partition coefficient (Wildman–Crippen LogP) is 3.96. The lowest BCUT2D eigenvalue weighted by Crippen LogP contribution is -2.38. The molecule has 2 heterocycles. The fourth-order valence-electron chi connectivity index (χ4n) is 4.06. The third-order valence-electron chi connectivity index (χ3n) is 5.67. The largest absolute Gasteiger partial charge is 0.378 e. The molecular formula is C21H34N2O. The van der Waals surface area contributed by atoms with E-state index in [4.69, 9.17) is 4.74 Å². The lowest BCUT2D eigenvalue weighted by atomic mass is 9.90. The number of ether oxygens (including phenoxy) is 1. The first-order valence-corrected chi connectivity index (χ1v) is 9.77. The van der Waals surface area contributed by atoms with Crippen LogP contribution in [0, 0.1) is 18.8 Å². The van der Waals surface area contributed by atoms with Gasteiger partial charge >= 0.3 is 0 Å². The van der Waals surface area contributed by atoms with Crippen molar-refractivity contribution in [1.82, 2.24) is 4.90 Å². The molecule has 0 N–H and O–H groups in total. The molecule has 2 saturated heterocycles. The summed E-state index contributed by atoms with van der Waals surface area (Å²) >= 11 is 0. The lowest BCUT2D eigenvalue weighted by molar-refractivity contribution is -0.0395. The van der Waals surface area contributed by atoms with E-state index in [0.717, 1.165) is 19.1 Å². The summed E-state index contributed by atoms with van der Waals surface area (Å²) in [5, 5.41) is 0. The van der Waals surface area contributed by atoms with Gasteiger partial charge in [0.2, 0.25) is 0 Å². The van der Waals surface area contributed by atoms with Gasteiger partial charge in [0.05, 0.1) is 6.10 Å². The second-order valence-corrected chi connectivity index (χ2v) is 8.02. The van der Waals surface area contributed by atoms with Gasteiger partial charge in [0.1, 0.15) is 0 Å². The van der Waals surface area contributed by atoms with Crippen LogP contribution in [0.2, 0.25) is 0 Å². The van der Waals surface area contributed by atoms with E-state index in [1.807, 2.05) is 0 Å². The third kappa shape index (κ3) is 4.73. The average molecular weight is 331 g/mol. The summed E-state index contributed by atoms with van der Waals surface area (Å²) in [4.78, 5) is 5.25. The second-order valence-electron chi connectivity index (χ2n) is 8.02. The first-order valence-electron chi connectivity index (χ1n) is 9.77. The van der Waals surface area contributed by atoms with Crippen LogP contribution in [0.25, 0.3) is 0 Å². The van der Waals surface area contributed by atoms with Gasteiger partial charge in [-0.1, -0.05) is 31.5 Å². The molecule has 2 atom stereocenters. The number of hydrogen-bond donors (Lipinski definition) is 0. The van der Waals surface area contributed by atoms with Crippen molar-refractivity contribution in [2.24, 2.45) is 11.8 Å². The number of rotatable bonds is 4. The maximum Gasteiger partial charge on any atom is 0.0601 e. The van der Waals surface area contributed by atoms with Gasteiger partial charge in [-0.05, 0) is 56.7 Å². The molecule has 0 unspecified atom stereocenters. The molecule has 0 radical (unpaired) electrons. The van der Waals surface area contributed by atoms with Crippen molar-refractivity contribution in [2.45, 2.75) is 46.1 Å². The van der Waals surface area contributed by atoms with Gasteiger partial charge in [0, 0.05) is 38.5 Å². The summed E-state index contributed by atoms with van der Waals surface area (Å²) in [6.07, 6.45) is 4.22. The summed E-state index contributed by atoms with van der Waals surface area (Å²) in [7, 11) is 0. The van der Waals surface area contributed by atoms with E-state index in [0.29, 0.717) is 12.0 Å². The Hall–Kier alpha value is -1.06. The van der Waals surface area contributed by atoms with E-state index in [1.54, 1.807) is 0 Å². The molecule has 1 aromatic rings. The standard InChI is InChI=1S/C21H34N2O/c1-17(2)21-15-19(9-14-24-21)16-22-10-4-11-23(13-12-22)20-7-5-18(3)6-8-20/h5-8,17,19,21H,4,9-16H2,1-3H3/t19-,21+/m0/s1. The first-order chi connectivity index (χ1) is 11.6. The lowest BCUT2D eigenvalue weighted by Gasteiger charge is -2.34. The number of anilines is 1. The molecule has 2 aliphatic rings. The van der Waals surface area contributed by atoms with Crippen LogP contribution in [0.1, 0.15) is 38.7 Å². The summed E-state index contributed by atoms with van der Waals surface area (Å²) in [6, 6.07) is 9.01. The minimum Gasteiger partial charge on any atom is -0.378 e. The fraction of sp³-hybridized carbons (Fsp3) is 0.714. The Morgan fingerprint density at radius 3 is 2.62 bits per heavy atom. The van der Waals surface area contributed by atoms with Crippen LogP contribution in [-0.2, 0) is 4.74 Å². The fourth-order valence-corrected chi connectivity index (χ4v) is 4.06. The Balaban J connectivity index is 1.51. The van der Waals surface area contributed by atoms with E-state index in [-0.39, 0.29) is 0 Å². The number of nitrogens with zero attached hydrogens (tertiary/aromatic N) is 2. The summed E-state index contributed by atoms with van der Waals surface area (Å²) in [6.45, 7) is 13.7. The molecule has 24 heavy (non-hydrogen) atoms. The Bertz CT molecular complexity index is 499. The van der Waals surface area contributed by atoms with Crippen LogP contribution >= 0.6 is 0 Å². The molecule has 0 spiro atoms. The molecular weight excluding hydrogens is 296 g/mol. The van der Waals surface area contributed by atoms with Crippen molar-refractivity contribution in [2.75, 3.05) is 44.2 Å². The van der Waals surface area contributed by atoms with Crippen LogP contribution in [0.15, 0.2) is 24.3 Å². The normalized spacial score (nSPS) is 26.6. The van der Waals surface area contributed by atoms with Gasteiger partial charge in [0.25, 0.3) is 0 Å². The predicted molar refractivity (Wildman–Crippen MR) is 102 cm³/mol. The van der Waals surface area contributed by atoms with Crippen molar-refractivity contribution in [1.29, 1.82) is 0 Å². The van der Waals surface area contributed by atoms with E-state index >= 15 is 0 Å². The van der Waals surface area contributed by atoms with Gasteiger partial charge in [-0.2, -0.15) is 0 Å². The van der Waals surface area contributed by atoms with Crippen molar-refractivity contribution in [3.63, 3.8) is 0 Å². The monoisotopic (exact) mass is 330 g/mol. The van der Waals surface area contributed by atoms with E-state index in [2.05, 4.69) is 54.8 Å².